The number of carbonyl (C=O) groups excluding carboxylic acids is 1. The number of nitriles is 1. The highest BCUT2D eigenvalue weighted by Gasteiger charge is 2.40. The van der Waals surface area contributed by atoms with Crippen molar-refractivity contribution in [2.75, 3.05) is 6.61 Å². The van der Waals surface area contributed by atoms with Crippen LogP contribution >= 0.6 is 23.2 Å². The highest BCUT2D eigenvalue weighted by molar-refractivity contribution is 6.30. The van der Waals surface area contributed by atoms with Gasteiger partial charge in [-0.3, -0.25) is 14.7 Å². The van der Waals surface area contributed by atoms with Gasteiger partial charge in [-0.05, 0) is 73.9 Å². The molecule has 0 aliphatic carbocycles. The normalized spacial score (nSPS) is 17.6. The van der Waals surface area contributed by atoms with Gasteiger partial charge in [-0.25, -0.2) is 0 Å². The van der Waals surface area contributed by atoms with E-state index in [1.54, 1.807) is 24.3 Å². The largest absolute Gasteiger partial charge is 0.493 e. The molecule has 0 saturated carbocycles. The number of amidine groups is 1. The van der Waals surface area contributed by atoms with Crippen molar-refractivity contribution in [1.29, 1.82) is 5.26 Å². The Hall–Kier alpha value is -3.33. The molecule has 1 radical (unpaired) electrons. The summed E-state index contributed by atoms with van der Waals surface area (Å²) in [6.45, 7) is 6.02. The first-order chi connectivity index (χ1) is 16.8. The Morgan fingerprint density at radius 2 is 1.60 bits per heavy atom. The molecule has 3 aromatic rings. The molecule has 1 heterocycles. The number of aliphatic imine (C=N–C) groups is 1. The molecular formula is C28H24Cl2N3O2. The molecule has 3 aromatic carbocycles. The minimum Gasteiger partial charge on any atom is -0.493 e. The summed E-state index contributed by atoms with van der Waals surface area (Å²) in [6, 6.07) is 21.8. The highest BCUT2D eigenvalue weighted by Crippen LogP contribution is 2.44. The standard InChI is InChI=1S/C28H24Cl2N3O2/c1-4-35-24-14-9-20(28(2,3)16-31)15-23(24)27-32-25(18-5-10-21(29)11-6-18)26(33(27)17-34)19-7-12-22(30)13-8-19/h5-15,25-26H,4H2,1-3H3/t25-,26+/m0/s1. The third kappa shape index (κ3) is 4.91. The molecule has 0 unspecified atom stereocenters. The SMILES string of the molecule is CCOc1ccc(C(C)(C)C#N)cc1C1=N[C@@H](c2ccc(Cl)cc2)[C@@H](c2ccc(Cl)cc2)N1[C]=O. The zero-order valence-electron chi connectivity index (χ0n) is 19.6. The van der Waals surface area contributed by atoms with Crippen molar-refractivity contribution in [3.8, 4) is 11.8 Å². The summed E-state index contributed by atoms with van der Waals surface area (Å²) in [4.78, 5) is 19.0. The maximum Gasteiger partial charge on any atom is 0.318 e. The molecule has 2 atom stereocenters. The molecule has 0 aromatic heterocycles. The third-order valence-corrected chi connectivity index (χ3v) is 6.61. The van der Waals surface area contributed by atoms with E-state index in [1.807, 2.05) is 63.2 Å². The lowest BCUT2D eigenvalue weighted by molar-refractivity contribution is 0.338. The second kappa shape index (κ2) is 10.1. The number of nitrogens with zero attached hydrogens (tertiary/aromatic N) is 3. The summed E-state index contributed by atoms with van der Waals surface area (Å²) in [5.74, 6) is 1.01. The van der Waals surface area contributed by atoms with Crippen molar-refractivity contribution in [3.63, 3.8) is 0 Å². The number of amides is 1. The van der Waals surface area contributed by atoms with Crippen LogP contribution in [0.1, 0.15) is 55.1 Å². The Morgan fingerprint density at radius 1 is 1.00 bits per heavy atom. The molecule has 0 spiro atoms. The fourth-order valence-electron chi connectivity index (χ4n) is 4.18. The van der Waals surface area contributed by atoms with E-state index in [0.717, 1.165) is 16.7 Å². The number of hydrogen-bond acceptors (Lipinski definition) is 4. The summed E-state index contributed by atoms with van der Waals surface area (Å²) in [7, 11) is 0. The number of rotatable bonds is 7. The molecule has 1 aliphatic rings. The molecule has 0 fully saturated rings. The summed E-state index contributed by atoms with van der Waals surface area (Å²) in [5.41, 5.74) is 2.45. The van der Waals surface area contributed by atoms with Crippen molar-refractivity contribution >= 4 is 35.4 Å². The molecule has 1 aliphatic heterocycles. The predicted octanol–water partition coefficient (Wildman–Crippen LogP) is 6.81. The molecule has 4 rings (SSSR count). The zero-order valence-corrected chi connectivity index (χ0v) is 21.1. The minimum atomic E-state index is -0.737. The molecule has 177 valence electrons. The number of hydrogen-bond donors (Lipinski definition) is 0. The van der Waals surface area contributed by atoms with Crippen LogP contribution in [0.25, 0.3) is 0 Å². The molecule has 1 amide bonds. The number of benzene rings is 3. The Bertz CT molecular complexity index is 1300. The fourth-order valence-corrected chi connectivity index (χ4v) is 4.44. The van der Waals surface area contributed by atoms with Gasteiger partial charge in [0.2, 0.25) is 0 Å². The second-order valence-corrected chi connectivity index (χ2v) is 9.66. The zero-order chi connectivity index (χ0) is 25.2. The first kappa shape index (κ1) is 24.8. The lowest BCUT2D eigenvalue weighted by atomic mass is 9.85. The molecule has 0 N–H and O–H groups in total. The van der Waals surface area contributed by atoms with Crippen molar-refractivity contribution in [2.45, 2.75) is 38.3 Å². The van der Waals surface area contributed by atoms with Gasteiger partial charge in [0.15, 0.2) is 0 Å². The molecular weight excluding hydrogens is 481 g/mol. The van der Waals surface area contributed by atoms with Gasteiger partial charge in [-0.15, -0.1) is 0 Å². The summed E-state index contributed by atoms with van der Waals surface area (Å²) in [6.07, 6.45) is 2.10. The highest BCUT2D eigenvalue weighted by atomic mass is 35.5. The smallest absolute Gasteiger partial charge is 0.318 e. The van der Waals surface area contributed by atoms with Crippen LogP contribution in [0.3, 0.4) is 0 Å². The van der Waals surface area contributed by atoms with Gasteiger partial charge >= 0.3 is 6.41 Å². The van der Waals surface area contributed by atoms with Crippen LogP contribution in [-0.4, -0.2) is 23.8 Å². The Morgan fingerprint density at radius 3 is 2.14 bits per heavy atom. The maximum absolute atomic E-state index is 12.5. The lowest BCUT2D eigenvalue weighted by Crippen LogP contribution is -2.31. The van der Waals surface area contributed by atoms with Crippen LogP contribution in [0.2, 0.25) is 10.0 Å². The average molecular weight is 505 g/mol. The third-order valence-electron chi connectivity index (χ3n) is 6.11. The predicted molar refractivity (Wildman–Crippen MR) is 139 cm³/mol. The maximum atomic E-state index is 12.5. The van der Waals surface area contributed by atoms with Crippen LogP contribution < -0.4 is 4.74 Å². The fraction of sp³-hybridized carbons (Fsp3) is 0.250. The Balaban J connectivity index is 1.92. The van der Waals surface area contributed by atoms with Gasteiger partial charge < -0.3 is 4.74 Å². The summed E-state index contributed by atoms with van der Waals surface area (Å²) in [5, 5.41) is 10.9. The van der Waals surface area contributed by atoms with Crippen LogP contribution in [0.5, 0.6) is 5.75 Å². The van der Waals surface area contributed by atoms with Gasteiger partial charge in [-0.2, -0.15) is 5.26 Å². The quantitative estimate of drug-likeness (QED) is 0.355. The average Bonchev–Trinajstić information content (AvgIpc) is 3.24. The van der Waals surface area contributed by atoms with E-state index >= 15 is 0 Å². The van der Waals surface area contributed by atoms with Crippen LogP contribution in [0.15, 0.2) is 71.7 Å². The number of ether oxygens (including phenoxy) is 1. The van der Waals surface area contributed by atoms with Crippen molar-refractivity contribution in [1.82, 2.24) is 4.90 Å². The van der Waals surface area contributed by atoms with E-state index in [0.29, 0.717) is 33.8 Å². The molecule has 0 bridgehead atoms. The lowest BCUT2D eigenvalue weighted by Gasteiger charge is -2.26. The molecule has 7 heteroatoms. The number of halogens is 2. The van der Waals surface area contributed by atoms with Gasteiger partial charge in [0.1, 0.15) is 17.6 Å². The monoisotopic (exact) mass is 504 g/mol. The first-order valence-electron chi connectivity index (χ1n) is 11.2. The summed E-state index contributed by atoms with van der Waals surface area (Å²) >= 11 is 12.3. The Kier molecular flexibility index (Phi) is 7.16. The van der Waals surface area contributed by atoms with E-state index in [1.165, 1.54) is 4.90 Å². The van der Waals surface area contributed by atoms with Crippen molar-refractivity contribution in [3.05, 3.63) is 99.0 Å². The molecule has 5 nitrogen and oxygen atoms in total. The Labute approximate surface area is 215 Å². The minimum absolute atomic E-state index is 0.410. The van der Waals surface area contributed by atoms with Crippen molar-refractivity contribution < 1.29 is 9.53 Å². The molecule has 35 heavy (non-hydrogen) atoms. The summed E-state index contributed by atoms with van der Waals surface area (Å²) < 4.78 is 5.90. The van der Waals surface area contributed by atoms with E-state index in [2.05, 4.69) is 12.5 Å². The second-order valence-electron chi connectivity index (χ2n) is 8.79. The molecule has 0 saturated heterocycles. The van der Waals surface area contributed by atoms with E-state index in [-0.39, 0.29) is 0 Å². The van der Waals surface area contributed by atoms with Gasteiger partial charge in [-0.1, -0.05) is 53.5 Å². The van der Waals surface area contributed by atoms with Crippen LogP contribution in [0.4, 0.5) is 0 Å². The van der Waals surface area contributed by atoms with E-state index in [4.69, 9.17) is 32.9 Å². The first-order valence-corrected chi connectivity index (χ1v) is 12.0. The van der Waals surface area contributed by atoms with Gasteiger partial charge in [0.25, 0.3) is 0 Å². The van der Waals surface area contributed by atoms with E-state index < -0.39 is 17.5 Å². The van der Waals surface area contributed by atoms with Gasteiger partial charge in [0, 0.05) is 10.0 Å². The van der Waals surface area contributed by atoms with Gasteiger partial charge in [0.05, 0.1) is 29.7 Å². The topological polar surface area (TPSA) is 65.7 Å². The van der Waals surface area contributed by atoms with Crippen molar-refractivity contribution in [2.24, 2.45) is 4.99 Å². The van der Waals surface area contributed by atoms with Crippen LogP contribution in [0, 0.1) is 11.3 Å². The van der Waals surface area contributed by atoms with Crippen LogP contribution in [-0.2, 0) is 10.2 Å². The van der Waals surface area contributed by atoms with E-state index in [9.17, 15) is 10.1 Å².